The summed E-state index contributed by atoms with van der Waals surface area (Å²) >= 11 is 0. The van der Waals surface area contributed by atoms with Crippen LogP contribution in [-0.4, -0.2) is 7.11 Å². The normalized spacial score (nSPS) is 12.0. The second-order valence-corrected chi connectivity index (χ2v) is 5.20. The molecule has 0 bridgehead atoms. The van der Waals surface area contributed by atoms with Crippen molar-refractivity contribution in [2.75, 3.05) is 12.4 Å². The number of halogens is 1. The van der Waals surface area contributed by atoms with Gasteiger partial charge in [-0.15, -0.1) is 0 Å². The second-order valence-electron chi connectivity index (χ2n) is 5.20. The maximum atomic E-state index is 13.8. The van der Waals surface area contributed by atoms with Crippen molar-refractivity contribution in [2.24, 2.45) is 0 Å². The second kappa shape index (κ2) is 7.11. The highest BCUT2D eigenvalue weighted by Crippen LogP contribution is 2.25. The summed E-state index contributed by atoms with van der Waals surface area (Å²) in [6.07, 6.45) is 2.23. The van der Waals surface area contributed by atoms with Gasteiger partial charge in [-0.1, -0.05) is 37.6 Å². The molecule has 3 heteroatoms. The zero-order valence-electron chi connectivity index (χ0n) is 12.8. The topological polar surface area (TPSA) is 21.3 Å². The van der Waals surface area contributed by atoms with Crippen LogP contribution in [0.15, 0.2) is 42.5 Å². The lowest BCUT2D eigenvalue weighted by Gasteiger charge is -2.17. The van der Waals surface area contributed by atoms with E-state index in [1.54, 1.807) is 19.2 Å². The van der Waals surface area contributed by atoms with Crippen LogP contribution in [0.5, 0.6) is 5.75 Å². The lowest BCUT2D eigenvalue weighted by atomic mass is 10.0. The van der Waals surface area contributed by atoms with Gasteiger partial charge in [0.05, 0.1) is 12.8 Å². The third-order valence-electron chi connectivity index (χ3n) is 3.56. The van der Waals surface area contributed by atoms with Crippen molar-refractivity contribution in [1.29, 1.82) is 0 Å². The van der Waals surface area contributed by atoms with Crippen molar-refractivity contribution in [1.82, 2.24) is 0 Å². The van der Waals surface area contributed by atoms with Gasteiger partial charge in [0.1, 0.15) is 11.6 Å². The Morgan fingerprint density at radius 2 is 1.86 bits per heavy atom. The fourth-order valence-corrected chi connectivity index (χ4v) is 2.32. The largest absolute Gasteiger partial charge is 0.497 e. The molecule has 21 heavy (non-hydrogen) atoms. The molecule has 0 saturated carbocycles. The maximum absolute atomic E-state index is 13.8. The van der Waals surface area contributed by atoms with E-state index < -0.39 is 0 Å². The van der Waals surface area contributed by atoms with E-state index in [1.807, 2.05) is 6.92 Å². The molecule has 2 rings (SSSR count). The summed E-state index contributed by atoms with van der Waals surface area (Å²) in [5, 5.41) is 3.20. The molecule has 112 valence electrons. The minimum Gasteiger partial charge on any atom is -0.497 e. The molecule has 1 atom stereocenters. The molecule has 0 radical (unpaired) electrons. The van der Waals surface area contributed by atoms with Gasteiger partial charge in [0.15, 0.2) is 0 Å². The quantitative estimate of drug-likeness (QED) is 0.810. The third kappa shape index (κ3) is 3.97. The lowest BCUT2D eigenvalue weighted by Crippen LogP contribution is -2.08. The van der Waals surface area contributed by atoms with E-state index in [4.69, 9.17) is 4.74 Å². The molecule has 0 aliphatic heterocycles. The van der Waals surface area contributed by atoms with Crippen LogP contribution in [0.1, 0.15) is 37.4 Å². The molecule has 1 N–H and O–H groups in total. The highest BCUT2D eigenvalue weighted by Gasteiger charge is 2.09. The Balaban J connectivity index is 2.11. The Labute approximate surface area is 126 Å². The first kappa shape index (κ1) is 15.4. The molecule has 0 fully saturated rings. The molecule has 1 unspecified atom stereocenters. The van der Waals surface area contributed by atoms with E-state index in [0.717, 1.165) is 18.4 Å². The average Bonchev–Trinajstić information content (AvgIpc) is 2.50. The molecule has 0 spiro atoms. The summed E-state index contributed by atoms with van der Waals surface area (Å²) in [5.41, 5.74) is 2.93. The lowest BCUT2D eigenvalue weighted by molar-refractivity contribution is 0.414. The summed E-state index contributed by atoms with van der Waals surface area (Å²) in [7, 11) is 1.58. The highest BCUT2D eigenvalue weighted by atomic mass is 19.1. The molecular weight excluding hydrogens is 265 g/mol. The van der Waals surface area contributed by atoms with Gasteiger partial charge in [0.2, 0.25) is 0 Å². The molecule has 2 aromatic carbocycles. The number of ether oxygens (including phenoxy) is 1. The number of hydrogen-bond acceptors (Lipinski definition) is 2. The first-order chi connectivity index (χ1) is 10.1. The first-order valence-corrected chi connectivity index (χ1v) is 7.33. The predicted molar refractivity (Wildman–Crippen MR) is 85.4 cm³/mol. The molecular formula is C18H22FNO. The van der Waals surface area contributed by atoms with E-state index in [-0.39, 0.29) is 11.9 Å². The Kier molecular flexibility index (Phi) is 5.20. The number of hydrogen-bond donors (Lipinski definition) is 1. The molecule has 0 amide bonds. The van der Waals surface area contributed by atoms with Gasteiger partial charge in [0, 0.05) is 12.1 Å². The fraction of sp³-hybridized carbons (Fsp3) is 0.333. The standard InChI is InChI=1S/C18H22FNO/c1-4-5-14-6-8-15(9-7-14)13(2)20-18-12-16(21-3)10-11-17(18)19/h6-13,20H,4-5H2,1-3H3. The van der Waals surface area contributed by atoms with E-state index in [2.05, 4.69) is 36.5 Å². The van der Waals surface area contributed by atoms with Crippen LogP contribution in [0, 0.1) is 5.82 Å². The van der Waals surface area contributed by atoms with Gasteiger partial charge >= 0.3 is 0 Å². The number of aryl methyl sites for hydroxylation is 1. The van der Waals surface area contributed by atoms with Crippen molar-refractivity contribution in [3.8, 4) is 5.75 Å². The van der Waals surface area contributed by atoms with E-state index >= 15 is 0 Å². The Hall–Kier alpha value is -2.03. The molecule has 0 aliphatic carbocycles. The summed E-state index contributed by atoms with van der Waals surface area (Å²) in [5.74, 6) is 0.370. The van der Waals surface area contributed by atoms with E-state index in [0.29, 0.717) is 11.4 Å². The van der Waals surface area contributed by atoms with E-state index in [9.17, 15) is 4.39 Å². The molecule has 0 heterocycles. The van der Waals surface area contributed by atoms with Crippen LogP contribution < -0.4 is 10.1 Å². The zero-order chi connectivity index (χ0) is 15.2. The van der Waals surface area contributed by atoms with Gasteiger partial charge in [0.25, 0.3) is 0 Å². The van der Waals surface area contributed by atoms with E-state index in [1.165, 1.54) is 11.6 Å². The number of rotatable bonds is 6. The highest BCUT2D eigenvalue weighted by molar-refractivity contribution is 5.51. The van der Waals surface area contributed by atoms with Crippen molar-refractivity contribution >= 4 is 5.69 Å². The zero-order valence-corrected chi connectivity index (χ0v) is 12.8. The fourth-order valence-electron chi connectivity index (χ4n) is 2.32. The maximum Gasteiger partial charge on any atom is 0.146 e. The third-order valence-corrected chi connectivity index (χ3v) is 3.56. The summed E-state index contributed by atoms with van der Waals surface area (Å²) in [6, 6.07) is 13.2. The van der Waals surface area contributed by atoms with Crippen molar-refractivity contribution in [3.05, 3.63) is 59.4 Å². The summed E-state index contributed by atoms with van der Waals surface area (Å²) < 4.78 is 19.0. The smallest absolute Gasteiger partial charge is 0.146 e. The van der Waals surface area contributed by atoms with Gasteiger partial charge < -0.3 is 10.1 Å². The van der Waals surface area contributed by atoms with Crippen LogP contribution in [0.2, 0.25) is 0 Å². The molecule has 0 aromatic heterocycles. The number of anilines is 1. The van der Waals surface area contributed by atoms with Crippen LogP contribution in [0.25, 0.3) is 0 Å². The first-order valence-electron chi connectivity index (χ1n) is 7.33. The Morgan fingerprint density at radius 1 is 1.14 bits per heavy atom. The van der Waals surface area contributed by atoms with Gasteiger partial charge in [-0.25, -0.2) is 4.39 Å². The molecule has 2 aromatic rings. The van der Waals surface area contributed by atoms with Crippen molar-refractivity contribution < 1.29 is 9.13 Å². The predicted octanol–water partition coefficient (Wildman–Crippen LogP) is 4.96. The minimum absolute atomic E-state index is 0.0299. The van der Waals surface area contributed by atoms with Gasteiger partial charge in [-0.3, -0.25) is 0 Å². The molecule has 0 aliphatic rings. The average molecular weight is 287 g/mol. The number of benzene rings is 2. The minimum atomic E-state index is -0.273. The number of methoxy groups -OCH3 is 1. The van der Waals surface area contributed by atoms with Crippen LogP contribution in [-0.2, 0) is 6.42 Å². The Morgan fingerprint density at radius 3 is 2.48 bits per heavy atom. The van der Waals surface area contributed by atoms with Crippen molar-refractivity contribution in [3.63, 3.8) is 0 Å². The number of nitrogens with one attached hydrogen (secondary N) is 1. The molecule has 0 saturated heterocycles. The summed E-state index contributed by atoms with van der Waals surface area (Å²) in [6.45, 7) is 4.19. The monoisotopic (exact) mass is 287 g/mol. The van der Waals surface area contributed by atoms with Gasteiger partial charge in [-0.2, -0.15) is 0 Å². The Bertz CT molecular complexity index is 580. The van der Waals surface area contributed by atoms with Gasteiger partial charge in [-0.05, 0) is 36.6 Å². The van der Waals surface area contributed by atoms with Crippen LogP contribution in [0.4, 0.5) is 10.1 Å². The summed E-state index contributed by atoms with van der Waals surface area (Å²) in [4.78, 5) is 0. The van der Waals surface area contributed by atoms with Crippen LogP contribution >= 0.6 is 0 Å². The SMILES string of the molecule is CCCc1ccc(C(C)Nc2cc(OC)ccc2F)cc1. The molecule has 2 nitrogen and oxygen atoms in total. The van der Waals surface area contributed by atoms with Crippen LogP contribution in [0.3, 0.4) is 0 Å². The van der Waals surface area contributed by atoms with Crippen molar-refractivity contribution in [2.45, 2.75) is 32.7 Å².